The second kappa shape index (κ2) is 11.4. The lowest BCUT2D eigenvalue weighted by atomic mass is 10.1. The lowest BCUT2D eigenvalue weighted by molar-refractivity contribution is -0.121. The van der Waals surface area contributed by atoms with E-state index in [1.807, 2.05) is 48.7 Å². The van der Waals surface area contributed by atoms with Crippen molar-refractivity contribution in [3.8, 4) is 33.6 Å². The summed E-state index contributed by atoms with van der Waals surface area (Å²) >= 11 is 1.49. The zero-order valence-electron chi connectivity index (χ0n) is 20.6. The van der Waals surface area contributed by atoms with Gasteiger partial charge in [0.25, 0.3) is 0 Å². The van der Waals surface area contributed by atoms with Crippen molar-refractivity contribution in [1.82, 2.24) is 10.3 Å². The Labute approximate surface area is 210 Å². The van der Waals surface area contributed by atoms with Crippen LogP contribution in [0.2, 0.25) is 0 Å². The number of thiazole rings is 1. The minimum Gasteiger partial charge on any atom is -0.493 e. The van der Waals surface area contributed by atoms with Gasteiger partial charge in [-0.2, -0.15) is 0 Å². The van der Waals surface area contributed by atoms with Gasteiger partial charge in [0.05, 0.1) is 45.6 Å². The molecule has 0 aliphatic heterocycles. The van der Waals surface area contributed by atoms with Crippen LogP contribution in [0.25, 0.3) is 10.6 Å². The molecule has 35 heavy (non-hydrogen) atoms. The summed E-state index contributed by atoms with van der Waals surface area (Å²) in [6, 6.07) is 11.3. The number of nitrogens with one attached hydrogen (secondary N) is 1. The third kappa shape index (κ3) is 6.06. The molecular weight excluding hydrogens is 464 g/mol. The first-order valence-corrected chi connectivity index (χ1v) is 12.7. The summed E-state index contributed by atoms with van der Waals surface area (Å²) in [5.74, 6) is 2.66. The Morgan fingerprint density at radius 1 is 1.00 bits per heavy atom. The molecule has 0 radical (unpaired) electrons. The number of nitrogens with zero attached hydrogens (tertiary/aromatic N) is 1. The monoisotopic (exact) mass is 496 g/mol. The molecule has 1 fully saturated rings. The Hall–Kier alpha value is -3.26. The minimum atomic E-state index is -0.180. The van der Waals surface area contributed by atoms with Crippen molar-refractivity contribution in [2.75, 3.05) is 21.3 Å². The van der Waals surface area contributed by atoms with E-state index in [1.165, 1.54) is 24.2 Å². The molecular formula is C27H32N2O5S. The molecule has 1 aromatic heterocycles. The molecule has 1 aliphatic rings. The van der Waals surface area contributed by atoms with E-state index in [0.717, 1.165) is 40.4 Å². The van der Waals surface area contributed by atoms with Gasteiger partial charge in [-0.25, -0.2) is 4.98 Å². The van der Waals surface area contributed by atoms with Crippen LogP contribution >= 0.6 is 11.3 Å². The number of ether oxygens (including phenoxy) is 4. The number of carbonyl (C=O) groups excluding carboxylic acids is 1. The van der Waals surface area contributed by atoms with Crippen molar-refractivity contribution in [2.24, 2.45) is 0 Å². The fraction of sp³-hybridized carbons (Fsp3) is 0.407. The molecule has 186 valence electrons. The predicted octanol–water partition coefficient (Wildman–Crippen LogP) is 5.58. The van der Waals surface area contributed by atoms with Crippen LogP contribution in [-0.2, 0) is 11.2 Å². The number of hydrogen-bond donors (Lipinski definition) is 1. The van der Waals surface area contributed by atoms with Gasteiger partial charge in [-0.1, -0.05) is 6.07 Å². The highest BCUT2D eigenvalue weighted by Gasteiger charge is 2.20. The van der Waals surface area contributed by atoms with Crippen molar-refractivity contribution >= 4 is 17.2 Å². The first kappa shape index (κ1) is 24.9. The fourth-order valence-electron chi connectivity index (χ4n) is 4.27. The van der Waals surface area contributed by atoms with E-state index >= 15 is 0 Å². The van der Waals surface area contributed by atoms with Crippen LogP contribution in [-0.4, -0.2) is 38.3 Å². The van der Waals surface area contributed by atoms with Crippen LogP contribution in [0.5, 0.6) is 23.0 Å². The van der Waals surface area contributed by atoms with Crippen LogP contribution in [0.3, 0.4) is 0 Å². The van der Waals surface area contributed by atoms with Gasteiger partial charge in [-0.15, -0.1) is 11.3 Å². The Balaban J connectivity index is 1.37. The van der Waals surface area contributed by atoms with E-state index in [9.17, 15) is 4.79 Å². The van der Waals surface area contributed by atoms with Gasteiger partial charge in [0.2, 0.25) is 5.91 Å². The second-order valence-electron chi connectivity index (χ2n) is 8.61. The molecule has 1 amide bonds. The van der Waals surface area contributed by atoms with Gasteiger partial charge in [-0.3, -0.25) is 4.79 Å². The number of benzene rings is 2. The van der Waals surface area contributed by atoms with Gasteiger partial charge in [0.15, 0.2) is 23.0 Å². The van der Waals surface area contributed by atoms with E-state index in [0.29, 0.717) is 17.2 Å². The Morgan fingerprint density at radius 2 is 1.69 bits per heavy atom. The third-order valence-electron chi connectivity index (χ3n) is 6.18. The number of carbonyl (C=O) groups is 1. The molecule has 1 atom stereocenters. The highest BCUT2D eigenvalue weighted by molar-refractivity contribution is 7.13. The molecule has 1 aliphatic carbocycles. The number of methoxy groups -OCH3 is 3. The smallest absolute Gasteiger partial charge is 0.226 e. The Bertz CT molecular complexity index is 1160. The van der Waals surface area contributed by atoms with Crippen LogP contribution in [0.1, 0.15) is 49.9 Å². The van der Waals surface area contributed by atoms with Crippen molar-refractivity contribution in [3.63, 3.8) is 0 Å². The van der Waals surface area contributed by atoms with Crippen LogP contribution in [0.15, 0.2) is 41.8 Å². The molecule has 8 heteroatoms. The highest BCUT2D eigenvalue weighted by Crippen LogP contribution is 2.35. The Morgan fingerprint density at radius 3 is 2.40 bits per heavy atom. The van der Waals surface area contributed by atoms with Gasteiger partial charge in [-0.05, 0) is 68.5 Å². The van der Waals surface area contributed by atoms with Crippen LogP contribution in [0, 0.1) is 0 Å². The predicted molar refractivity (Wildman–Crippen MR) is 137 cm³/mol. The van der Waals surface area contributed by atoms with Gasteiger partial charge < -0.3 is 24.3 Å². The molecule has 2 aromatic carbocycles. The molecule has 3 aromatic rings. The topological polar surface area (TPSA) is 78.9 Å². The summed E-state index contributed by atoms with van der Waals surface area (Å²) in [4.78, 5) is 17.4. The lowest BCUT2D eigenvalue weighted by Crippen LogP contribution is -2.28. The number of aromatic nitrogens is 1. The molecule has 4 rings (SSSR count). The quantitative estimate of drug-likeness (QED) is 0.395. The zero-order valence-corrected chi connectivity index (χ0v) is 21.4. The van der Waals surface area contributed by atoms with Crippen LogP contribution in [0.4, 0.5) is 0 Å². The average molecular weight is 497 g/mol. The number of amides is 1. The Kier molecular flexibility index (Phi) is 8.13. The van der Waals surface area contributed by atoms with E-state index in [4.69, 9.17) is 18.9 Å². The molecule has 0 spiro atoms. The van der Waals surface area contributed by atoms with Gasteiger partial charge >= 0.3 is 0 Å². The minimum absolute atomic E-state index is 0.0908. The fourth-order valence-corrected chi connectivity index (χ4v) is 5.08. The molecule has 0 bridgehead atoms. The van der Waals surface area contributed by atoms with Gasteiger partial charge in [0.1, 0.15) is 5.01 Å². The number of hydrogen-bond acceptors (Lipinski definition) is 7. The van der Waals surface area contributed by atoms with E-state index in [2.05, 4.69) is 10.3 Å². The largest absolute Gasteiger partial charge is 0.493 e. The molecule has 1 heterocycles. The van der Waals surface area contributed by atoms with Crippen molar-refractivity contribution in [3.05, 3.63) is 53.0 Å². The third-order valence-corrected chi connectivity index (χ3v) is 7.13. The van der Waals surface area contributed by atoms with Crippen molar-refractivity contribution in [1.29, 1.82) is 0 Å². The first-order chi connectivity index (χ1) is 17.0. The van der Waals surface area contributed by atoms with Gasteiger partial charge in [0, 0.05) is 10.9 Å². The molecule has 1 N–H and O–H groups in total. The van der Waals surface area contributed by atoms with E-state index in [-0.39, 0.29) is 24.5 Å². The van der Waals surface area contributed by atoms with Crippen molar-refractivity contribution < 1.29 is 23.7 Å². The summed E-state index contributed by atoms with van der Waals surface area (Å²) in [6.45, 7) is 1.96. The summed E-state index contributed by atoms with van der Waals surface area (Å²) in [5.41, 5.74) is 2.60. The molecule has 7 nitrogen and oxygen atoms in total. The molecule has 1 unspecified atom stereocenters. The second-order valence-corrected chi connectivity index (χ2v) is 9.47. The standard InChI is InChI=1S/C27H32N2O5S/c1-17(18-9-12-23(25(13-18)33-4)34-21-7-5-6-8-21)28-26(30)15-20-16-35-27(29-20)19-10-11-22(31-2)24(14-19)32-3/h9-14,16-17,21H,5-8,15H2,1-4H3,(H,28,30). The normalized spacial score (nSPS) is 14.4. The summed E-state index contributed by atoms with van der Waals surface area (Å²) in [7, 11) is 4.85. The maximum atomic E-state index is 12.7. The van der Waals surface area contributed by atoms with E-state index in [1.54, 1.807) is 21.3 Å². The summed E-state index contributed by atoms with van der Waals surface area (Å²) < 4.78 is 22.4. The molecule has 1 saturated carbocycles. The maximum absolute atomic E-state index is 12.7. The van der Waals surface area contributed by atoms with Crippen molar-refractivity contribution in [2.45, 2.75) is 51.2 Å². The van der Waals surface area contributed by atoms with Crippen LogP contribution < -0.4 is 24.3 Å². The zero-order chi connectivity index (χ0) is 24.8. The average Bonchev–Trinajstić information content (AvgIpc) is 3.56. The summed E-state index contributed by atoms with van der Waals surface area (Å²) in [6.07, 6.45) is 5.05. The summed E-state index contributed by atoms with van der Waals surface area (Å²) in [5, 5.41) is 5.80. The maximum Gasteiger partial charge on any atom is 0.226 e. The van der Waals surface area contributed by atoms with E-state index < -0.39 is 0 Å². The SMILES string of the molecule is COc1ccc(-c2nc(CC(=O)NC(C)c3ccc(OC4CCCC4)c(OC)c3)cs2)cc1OC. The first-order valence-electron chi connectivity index (χ1n) is 11.8. The molecule has 0 saturated heterocycles. The lowest BCUT2D eigenvalue weighted by Gasteiger charge is -2.19. The number of rotatable bonds is 10. The highest BCUT2D eigenvalue weighted by atomic mass is 32.1.